The number of aromatic hydroxyl groups is 1. The maximum Gasteiger partial charge on any atom is 0.255 e. The van der Waals surface area contributed by atoms with E-state index in [0.29, 0.717) is 18.0 Å². The Morgan fingerprint density at radius 3 is 3.05 bits per heavy atom. The van der Waals surface area contributed by atoms with Crippen LogP contribution in [0.25, 0.3) is 0 Å². The molecule has 1 aliphatic rings. The van der Waals surface area contributed by atoms with Crippen LogP contribution >= 0.6 is 0 Å². The summed E-state index contributed by atoms with van der Waals surface area (Å²) in [4.78, 5) is 12.1. The third kappa shape index (κ3) is 3.97. The molecule has 110 valence electrons. The van der Waals surface area contributed by atoms with E-state index in [0.717, 1.165) is 38.0 Å². The molecule has 1 unspecified atom stereocenters. The van der Waals surface area contributed by atoms with Crippen molar-refractivity contribution in [2.24, 2.45) is 5.92 Å². The minimum atomic E-state index is -0.200. The van der Waals surface area contributed by atoms with Gasteiger partial charge in [-0.3, -0.25) is 4.79 Å². The Morgan fingerprint density at radius 2 is 2.35 bits per heavy atom. The Balaban J connectivity index is 1.84. The molecule has 1 saturated heterocycles. The Hall–Kier alpha value is -1.55. The molecule has 1 heterocycles. The van der Waals surface area contributed by atoms with E-state index in [9.17, 15) is 9.90 Å². The van der Waals surface area contributed by atoms with Crippen molar-refractivity contribution in [1.29, 1.82) is 0 Å². The summed E-state index contributed by atoms with van der Waals surface area (Å²) in [6, 6.07) is 5.18. The van der Waals surface area contributed by atoms with Gasteiger partial charge in [0.15, 0.2) is 0 Å². The molecule has 0 aliphatic carbocycles. The van der Waals surface area contributed by atoms with Gasteiger partial charge in [-0.05, 0) is 49.3 Å². The largest absolute Gasteiger partial charge is 0.507 e. The zero-order valence-corrected chi connectivity index (χ0v) is 12.0. The van der Waals surface area contributed by atoms with Crippen molar-refractivity contribution in [2.75, 3.05) is 19.8 Å². The van der Waals surface area contributed by atoms with Crippen LogP contribution in [0.1, 0.15) is 42.1 Å². The van der Waals surface area contributed by atoms with E-state index in [1.165, 1.54) is 6.42 Å². The molecular weight excluding hydrogens is 254 g/mol. The second kappa shape index (κ2) is 7.29. The molecule has 1 aliphatic heterocycles. The average Bonchev–Trinajstić information content (AvgIpc) is 2.48. The number of rotatable bonds is 5. The Labute approximate surface area is 120 Å². The first kappa shape index (κ1) is 14.9. The number of phenolic OH excluding ortho intramolecular Hbond substituents is 1. The molecule has 2 rings (SSSR count). The van der Waals surface area contributed by atoms with Crippen LogP contribution in [0.3, 0.4) is 0 Å². The second-order valence-corrected chi connectivity index (χ2v) is 5.33. The summed E-state index contributed by atoms with van der Waals surface area (Å²) in [7, 11) is 0. The number of carbonyl (C=O) groups excluding carboxylic acids is 1. The first-order chi connectivity index (χ1) is 9.70. The minimum absolute atomic E-state index is 0.0423. The maximum atomic E-state index is 12.1. The number of phenols is 1. The van der Waals surface area contributed by atoms with Crippen LogP contribution in [-0.4, -0.2) is 30.8 Å². The Kier molecular flexibility index (Phi) is 5.41. The van der Waals surface area contributed by atoms with Gasteiger partial charge < -0.3 is 15.2 Å². The van der Waals surface area contributed by atoms with Gasteiger partial charge in [0.2, 0.25) is 0 Å². The summed E-state index contributed by atoms with van der Waals surface area (Å²) >= 11 is 0. The highest BCUT2D eigenvalue weighted by Crippen LogP contribution is 2.19. The Morgan fingerprint density at radius 1 is 1.50 bits per heavy atom. The van der Waals surface area contributed by atoms with Gasteiger partial charge in [-0.15, -0.1) is 0 Å². The molecule has 4 heteroatoms. The molecule has 1 aromatic rings. The predicted octanol–water partition coefficient (Wildman–Crippen LogP) is 2.50. The SMILES string of the molecule is CCc1ccc(O)c(C(=O)NCCC2CCCOC2)c1. The first-order valence-corrected chi connectivity index (χ1v) is 7.38. The van der Waals surface area contributed by atoms with E-state index in [-0.39, 0.29) is 11.7 Å². The van der Waals surface area contributed by atoms with E-state index < -0.39 is 0 Å². The predicted molar refractivity (Wildman–Crippen MR) is 78.0 cm³/mol. The number of ether oxygens (including phenoxy) is 1. The van der Waals surface area contributed by atoms with Gasteiger partial charge in [-0.25, -0.2) is 0 Å². The molecule has 0 radical (unpaired) electrons. The molecule has 0 bridgehead atoms. The average molecular weight is 277 g/mol. The number of benzene rings is 1. The molecule has 0 saturated carbocycles. The van der Waals surface area contributed by atoms with Crippen molar-refractivity contribution in [2.45, 2.75) is 32.6 Å². The summed E-state index contributed by atoms with van der Waals surface area (Å²) in [6.07, 6.45) is 4.06. The van der Waals surface area contributed by atoms with Gasteiger partial charge in [-0.1, -0.05) is 13.0 Å². The third-order valence-electron chi connectivity index (χ3n) is 3.81. The fourth-order valence-corrected chi connectivity index (χ4v) is 2.51. The lowest BCUT2D eigenvalue weighted by Crippen LogP contribution is -2.28. The molecule has 1 fully saturated rings. The number of nitrogens with one attached hydrogen (secondary N) is 1. The highest BCUT2D eigenvalue weighted by atomic mass is 16.5. The standard InChI is InChI=1S/C16H23NO3/c1-2-12-5-6-15(18)14(10-12)16(19)17-8-7-13-4-3-9-20-11-13/h5-6,10,13,18H,2-4,7-9,11H2,1H3,(H,17,19). The zero-order valence-electron chi connectivity index (χ0n) is 12.0. The highest BCUT2D eigenvalue weighted by Gasteiger charge is 2.15. The maximum absolute atomic E-state index is 12.1. The van der Waals surface area contributed by atoms with Crippen LogP contribution < -0.4 is 5.32 Å². The number of carbonyl (C=O) groups is 1. The van der Waals surface area contributed by atoms with E-state index >= 15 is 0 Å². The molecular formula is C16H23NO3. The molecule has 1 aromatic carbocycles. The number of hydrogen-bond donors (Lipinski definition) is 2. The van der Waals surface area contributed by atoms with Crippen molar-refractivity contribution >= 4 is 5.91 Å². The molecule has 4 nitrogen and oxygen atoms in total. The van der Waals surface area contributed by atoms with E-state index in [4.69, 9.17) is 4.74 Å². The van der Waals surface area contributed by atoms with Gasteiger partial charge in [0.1, 0.15) is 5.75 Å². The first-order valence-electron chi connectivity index (χ1n) is 7.38. The lowest BCUT2D eigenvalue weighted by atomic mass is 9.98. The number of aryl methyl sites for hydroxylation is 1. The van der Waals surface area contributed by atoms with Crippen molar-refractivity contribution in [3.8, 4) is 5.75 Å². The van der Waals surface area contributed by atoms with Crippen LogP contribution in [0.4, 0.5) is 0 Å². The van der Waals surface area contributed by atoms with Crippen molar-refractivity contribution in [3.05, 3.63) is 29.3 Å². The van der Waals surface area contributed by atoms with Gasteiger partial charge in [-0.2, -0.15) is 0 Å². The summed E-state index contributed by atoms with van der Waals surface area (Å²) in [5, 5.41) is 12.7. The normalized spacial score (nSPS) is 18.8. The van der Waals surface area contributed by atoms with E-state index in [1.807, 2.05) is 13.0 Å². The van der Waals surface area contributed by atoms with Crippen molar-refractivity contribution in [1.82, 2.24) is 5.32 Å². The van der Waals surface area contributed by atoms with Crippen molar-refractivity contribution in [3.63, 3.8) is 0 Å². The van der Waals surface area contributed by atoms with Gasteiger partial charge in [0.05, 0.1) is 5.56 Å². The lowest BCUT2D eigenvalue weighted by Gasteiger charge is -2.21. The summed E-state index contributed by atoms with van der Waals surface area (Å²) in [5.74, 6) is 0.384. The second-order valence-electron chi connectivity index (χ2n) is 5.33. The Bertz CT molecular complexity index is 453. The molecule has 20 heavy (non-hydrogen) atoms. The third-order valence-corrected chi connectivity index (χ3v) is 3.81. The summed E-state index contributed by atoms with van der Waals surface area (Å²) in [5.41, 5.74) is 1.41. The van der Waals surface area contributed by atoms with Crippen LogP contribution in [0.5, 0.6) is 5.75 Å². The zero-order chi connectivity index (χ0) is 14.4. The summed E-state index contributed by atoms with van der Waals surface area (Å²) in [6.45, 7) is 4.31. The van der Waals surface area contributed by atoms with Crippen LogP contribution in [0.15, 0.2) is 18.2 Å². The quantitative estimate of drug-likeness (QED) is 0.869. The van der Waals surface area contributed by atoms with Gasteiger partial charge in [0, 0.05) is 19.8 Å². The van der Waals surface area contributed by atoms with Gasteiger partial charge in [0.25, 0.3) is 5.91 Å². The fraction of sp³-hybridized carbons (Fsp3) is 0.562. The van der Waals surface area contributed by atoms with Crippen LogP contribution in [0.2, 0.25) is 0 Å². The summed E-state index contributed by atoms with van der Waals surface area (Å²) < 4.78 is 5.42. The smallest absolute Gasteiger partial charge is 0.255 e. The fourth-order valence-electron chi connectivity index (χ4n) is 2.51. The van der Waals surface area contributed by atoms with Crippen LogP contribution in [-0.2, 0) is 11.2 Å². The molecule has 0 spiro atoms. The highest BCUT2D eigenvalue weighted by molar-refractivity contribution is 5.96. The molecule has 2 N–H and O–H groups in total. The molecule has 1 amide bonds. The van der Waals surface area contributed by atoms with Crippen LogP contribution in [0, 0.1) is 5.92 Å². The molecule has 1 atom stereocenters. The van der Waals surface area contributed by atoms with Crippen molar-refractivity contribution < 1.29 is 14.6 Å². The molecule has 0 aromatic heterocycles. The topological polar surface area (TPSA) is 58.6 Å². The lowest BCUT2D eigenvalue weighted by molar-refractivity contribution is 0.0514. The number of hydrogen-bond acceptors (Lipinski definition) is 3. The number of amides is 1. The van der Waals surface area contributed by atoms with E-state index in [2.05, 4.69) is 5.32 Å². The van der Waals surface area contributed by atoms with Gasteiger partial charge >= 0.3 is 0 Å². The monoisotopic (exact) mass is 277 g/mol. The minimum Gasteiger partial charge on any atom is -0.507 e. The van der Waals surface area contributed by atoms with E-state index in [1.54, 1.807) is 12.1 Å².